The van der Waals surface area contributed by atoms with Crippen molar-refractivity contribution in [3.63, 3.8) is 0 Å². The van der Waals surface area contributed by atoms with Crippen LogP contribution in [0.3, 0.4) is 0 Å². The van der Waals surface area contributed by atoms with Crippen molar-refractivity contribution in [2.24, 2.45) is 0 Å². The number of rotatable bonds is 7. The van der Waals surface area contributed by atoms with Crippen LogP contribution in [0.25, 0.3) is 11.1 Å². The van der Waals surface area contributed by atoms with Gasteiger partial charge in [0.25, 0.3) is 0 Å². The Balaban J connectivity index is 2.41. The topological polar surface area (TPSA) is 0 Å². The van der Waals surface area contributed by atoms with Crippen molar-refractivity contribution < 1.29 is 0 Å². The second-order valence-corrected chi connectivity index (χ2v) is 5.52. The van der Waals surface area contributed by atoms with E-state index >= 15 is 0 Å². The molecule has 0 heterocycles. The molecule has 0 saturated carbocycles. The van der Waals surface area contributed by atoms with E-state index in [0.717, 1.165) is 0 Å². The number of unbranched alkanes of at least 4 members (excludes halogenated alkanes) is 2. The Morgan fingerprint density at radius 2 is 1.20 bits per heavy atom. The molecule has 0 saturated heterocycles. The zero-order chi connectivity index (χ0) is 14.2. The molecule has 0 nitrogen and oxygen atoms in total. The standard InChI is InChI=1S/C20H26/c1-3-5-11-17-15-10-16-18(12-6-4-2)20(17)19-13-8-7-9-14-19/h7-10,13-16H,3-6,11-12H2,1-2H3. The molecule has 0 unspecified atom stereocenters. The van der Waals surface area contributed by atoms with Gasteiger partial charge in [-0.3, -0.25) is 0 Å². The molecule has 0 atom stereocenters. The van der Waals surface area contributed by atoms with Crippen molar-refractivity contribution in [2.45, 2.75) is 52.4 Å². The number of hydrogen-bond donors (Lipinski definition) is 0. The third kappa shape index (κ3) is 3.72. The lowest BCUT2D eigenvalue weighted by Gasteiger charge is -2.15. The number of aryl methyl sites for hydroxylation is 2. The molecule has 0 radical (unpaired) electrons. The minimum Gasteiger partial charge on any atom is -0.0654 e. The maximum Gasteiger partial charge on any atom is -0.0120 e. The smallest absolute Gasteiger partial charge is 0.0120 e. The summed E-state index contributed by atoms with van der Waals surface area (Å²) in [6, 6.07) is 17.8. The van der Waals surface area contributed by atoms with Crippen LogP contribution in [0, 0.1) is 0 Å². The highest BCUT2D eigenvalue weighted by Crippen LogP contribution is 2.30. The van der Waals surface area contributed by atoms with E-state index in [1.165, 1.54) is 60.8 Å². The van der Waals surface area contributed by atoms with Gasteiger partial charge in [-0.25, -0.2) is 0 Å². The van der Waals surface area contributed by atoms with Gasteiger partial charge in [-0.2, -0.15) is 0 Å². The van der Waals surface area contributed by atoms with Crippen LogP contribution in [0.15, 0.2) is 48.5 Å². The Labute approximate surface area is 123 Å². The molecule has 0 aromatic heterocycles. The van der Waals surface area contributed by atoms with Crippen LogP contribution < -0.4 is 0 Å². The summed E-state index contributed by atoms with van der Waals surface area (Å²) in [7, 11) is 0. The molecule has 0 aliphatic heterocycles. The summed E-state index contributed by atoms with van der Waals surface area (Å²) in [5, 5.41) is 0. The van der Waals surface area contributed by atoms with Crippen LogP contribution in [-0.4, -0.2) is 0 Å². The minimum atomic E-state index is 1.20. The molecule has 106 valence electrons. The Kier molecular flexibility index (Phi) is 5.86. The Morgan fingerprint density at radius 3 is 1.70 bits per heavy atom. The van der Waals surface area contributed by atoms with Crippen molar-refractivity contribution in [2.75, 3.05) is 0 Å². The zero-order valence-corrected chi connectivity index (χ0v) is 12.9. The Hall–Kier alpha value is -1.56. The number of benzene rings is 2. The Bertz CT molecular complexity index is 485. The average molecular weight is 266 g/mol. The van der Waals surface area contributed by atoms with Crippen molar-refractivity contribution in [3.8, 4) is 11.1 Å². The van der Waals surface area contributed by atoms with Crippen molar-refractivity contribution >= 4 is 0 Å². The third-order valence-corrected chi connectivity index (χ3v) is 3.90. The SMILES string of the molecule is CCCCc1cccc(CCCC)c1-c1ccccc1. The lowest BCUT2D eigenvalue weighted by molar-refractivity contribution is 0.782. The largest absolute Gasteiger partial charge is 0.0654 e. The second-order valence-electron chi connectivity index (χ2n) is 5.52. The quantitative estimate of drug-likeness (QED) is 0.573. The van der Waals surface area contributed by atoms with E-state index in [1.54, 1.807) is 0 Å². The van der Waals surface area contributed by atoms with Gasteiger partial charge in [0.1, 0.15) is 0 Å². The van der Waals surface area contributed by atoms with Gasteiger partial charge in [0, 0.05) is 0 Å². The first-order valence-corrected chi connectivity index (χ1v) is 8.03. The molecule has 2 aromatic carbocycles. The van der Waals surface area contributed by atoms with Crippen LogP contribution in [0.2, 0.25) is 0 Å². The van der Waals surface area contributed by atoms with E-state index < -0.39 is 0 Å². The minimum absolute atomic E-state index is 1.20. The fraction of sp³-hybridized carbons (Fsp3) is 0.400. The predicted octanol–water partition coefficient (Wildman–Crippen LogP) is 6.04. The van der Waals surface area contributed by atoms with Gasteiger partial charge in [-0.15, -0.1) is 0 Å². The summed E-state index contributed by atoms with van der Waals surface area (Å²) in [5.74, 6) is 0. The summed E-state index contributed by atoms with van der Waals surface area (Å²) < 4.78 is 0. The zero-order valence-electron chi connectivity index (χ0n) is 12.9. The lowest BCUT2D eigenvalue weighted by atomic mass is 9.90. The van der Waals surface area contributed by atoms with Crippen LogP contribution >= 0.6 is 0 Å². The highest BCUT2D eigenvalue weighted by atomic mass is 14.1. The maximum absolute atomic E-state index is 2.31. The predicted molar refractivity (Wildman–Crippen MR) is 89.1 cm³/mol. The van der Waals surface area contributed by atoms with Crippen molar-refractivity contribution in [3.05, 3.63) is 59.7 Å². The van der Waals surface area contributed by atoms with Crippen molar-refractivity contribution in [1.29, 1.82) is 0 Å². The van der Waals surface area contributed by atoms with Crippen molar-refractivity contribution in [1.82, 2.24) is 0 Å². The van der Waals surface area contributed by atoms with E-state index in [0.29, 0.717) is 0 Å². The highest BCUT2D eigenvalue weighted by Gasteiger charge is 2.09. The summed E-state index contributed by atoms with van der Waals surface area (Å²) in [6.45, 7) is 4.53. The molecule has 0 aliphatic carbocycles. The molecular formula is C20H26. The fourth-order valence-corrected chi connectivity index (χ4v) is 2.78. The third-order valence-electron chi connectivity index (χ3n) is 3.90. The van der Waals surface area contributed by atoms with E-state index in [9.17, 15) is 0 Å². The van der Waals surface area contributed by atoms with E-state index in [4.69, 9.17) is 0 Å². The first-order valence-electron chi connectivity index (χ1n) is 8.03. The monoisotopic (exact) mass is 266 g/mol. The molecule has 0 spiro atoms. The summed E-state index contributed by atoms with van der Waals surface area (Å²) in [4.78, 5) is 0. The molecule has 2 rings (SSSR count). The first kappa shape index (κ1) is 14.8. The summed E-state index contributed by atoms with van der Waals surface area (Å²) in [6.07, 6.45) is 7.45. The fourth-order valence-electron chi connectivity index (χ4n) is 2.78. The molecule has 20 heavy (non-hydrogen) atoms. The maximum atomic E-state index is 2.31. The summed E-state index contributed by atoms with van der Waals surface area (Å²) in [5.41, 5.74) is 5.92. The molecule has 0 bridgehead atoms. The molecule has 0 N–H and O–H groups in total. The molecule has 0 heteroatoms. The molecule has 0 amide bonds. The number of hydrogen-bond acceptors (Lipinski definition) is 0. The second kappa shape index (κ2) is 7.89. The van der Waals surface area contributed by atoms with Gasteiger partial charge < -0.3 is 0 Å². The molecular weight excluding hydrogens is 240 g/mol. The van der Waals surface area contributed by atoms with Gasteiger partial charge in [-0.05, 0) is 47.9 Å². The average Bonchev–Trinajstić information content (AvgIpc) is 2.51. The summed E-state index contributed by atoms with van der Waals surface area (Å²) >= 11 is 0. The lowest BCUT2D eigenvalue weighted by Crippen LogP contribution is -1.97. The van der Waals surface area contributed by atoms with Crippen LogP contribution in [0.5, 0.6) is 0 Å². The highest BCUT2D eigenvalue weighted by molar-refractivity contribution is 5.71. The first-order chi connectivity index (χ1) is 9.86. The van der Waals surface area contributed by atoms with E-state index in [-0.39, 0.29) is 0 Å². The van der Waals surface area contributed by atoms with E-state index in [1.807, 2.05) is 0 Å². The van der Waals surface area contributed by atoms with Gasteiger partial charge >= 0.3 is 0 Å². The van der Waals surface area contributed by atoms with Gasteiger partial charge in [0.05, 0.1) is 0 Å². The molecule has 0 fully saturated rings. The van der Waals surface area contributed by atoms with Gasteiger partial charge in [0.15, 0.2) is 0 Å². The van der Waals surface area contributed by atoms with Gasteiger partial charge in [-0.1, -0.05) is 75.2 Å². The van der Waals surface area contributed by atoms with Crippen LogP contribution in [0.4, 0.5) is 0 Å². The van der Waals surface area contributed by atoms with Crippen LogP contribution in [0.1, 0.15) is 50.7 Å². The van der Waals surface area contributed by atoms with Crippen LogP contribution in [-0.2, 0) is 12.8 Å². The Morgan fingerprint density at radius 1 is 0.650 bits per heavy atom. The normalized spacial score (nSPS) is 10.7. The molecule has 2 aromatic rings. The molecule has 0 aliphatic rings. The van der Waals surface area contributed by atoms with E-state index in [2.05, 4.69) is 62.4 Å². The van der Waals surface area contributed by atoms with Gasteiger partial charge in [0.2, 0.25) is 0 Å².